The number of halogens is 1. The Kier molecular flexibility index (Phi) is 4.01. The van der Waals surface area contributed by atoms with Crippen molar-refractivity contribution in [2.24, 2.45) is 0 Å². The maximum atomic E-state index is 14.5. The molecule has 9 heteroatoms. The summed E-state index contributed by atoms with van der Waals surface area (Å²) in [6, 6.07) is 4.19. The summed E-state index contributed by atoms with van der Waals surface area (Å²) in [5.41, 5.74) is 5.13. The number of rotatable bonds is 4. The Bertz CT molecular complexity index is 1290. The number of methoxy groups -OCH3 is 1. The highest BCUT2D eigenvalue weighted by Gasteiger charge is 2.43. The number of fused-ring (bicyclic) bond motifs is 5. The Morgan fingerprint density at radius 2 is 1.90 bits per heavy atom. The molecule has 158 valence electrons. The average Bonchev–Trinajstić information content (AvgIpc) is 3.18. The average molecular weight is 419 g/mol. The van der Waals surface area contributed by atoms with Crippen LogP contribution in [0.25, 0.3) is 33.1 Å². The summed E-state index contributed by atoms with van der Waals surface area (Å²) >= 11 is 0. The molecule has 2 aliphatic heterocycles. The molecule has 0 amide bonds. The molecule has 3 N–H and O–H groups in total. The lowest BCUT2D eigenvalue weighted by molar-refractivity contribution is 0.264. The zero-order valence-corrected chi connectivity index (χ0v) is 17.2. The minimum Gasteiger partial charge on any atom is -0.467 e. The van der Waals surface area contributed by atoms with Gasteiger partial charge in [-0.05, 0) is 18.6 Å². The summed E-state index contributed by atoms with van der Waals surface area (Å²) in [7, 11) is 3.34. The van der Waals surface area contributed by atoms with Crippen LogP contribution in [0.4, 0.5) is 15.8 Å². The van der Waals surface area contributed by atoms with E-state index in [-0.39, 0.29) is 5.82 Å². The van der Waals surface area contributed by atoms with Gasteiger partial charge in [-0.1, -0.05) is 0 Å². The molecular weight excluding hydrogens is 397 g/mol. The number of H-pyrrole nitrogens is 1. The molecule has 0 spiro atoms. The zero-order chi connectivity index (χ0) is 21.1. The predicted octanol–water partition coefficient (Wildman–Crippen LogP) is 2.91. The molecule has 2 fully saturated rings. The Hall–Kier alpha value is -3.46. The molecule has 2 aliphatic rings. The van der Waals surface area contributed by atoms with Crippen LogP contribution in [0.15, 0.2) is 30.7 Å². The maximum absolute atomic E-state index is 14.5. The van der Waals surface area contributed by atoms with Crippen molar-refractivity contribution in [2.75, 3.05) is 37.5 Å². The highest BCUT2D eigenvalue weighted by Crippen LogP contribution is 2.46. The van der Waals surface area contributed by atoms with E-state index in [0.717, 1.165) is 58.3 Å². The summed E-state index contributed by atoms with van der Waals surface area (Å²) in [6.45, 7) is 1.86. The van der Waals surface area contributed by atoms with Gasteiger partial charge in [-0.15, -0.1) is 0 Å². The van der Waals surface area contributed by atoms with E-state index in [1.807, 2.05) is 6.20 Å². The minimum absolute atomic E-state index is 0.285. The first kappa shape index (κ1) is 18.3. The number of pyridine rings is 1. The standard InChI is InChI=1S/C22H22FN7O/c1-24-17-4-12(23)3-15-18-20(30-13-5-14(30)9-25-8-13)16(10-26-21(18)29-19(15)17)11-6-27-22(31-2)28-7-11/h3-4,6-7,10,13-14,24-25H,5,8-9H2,1-2H3,(H,26,29). The highest BCUT2D eigenvalue weighted by atomic mass is 19.1. The van der Waals surface area contributed by atoms with Crippen LogP contribution in [-0.2, 0) is 0 Å². The van der Waals surface area contributed by atoms with Gasteiger partial charge in [0.2, 0.25) is 0 Å². The van der Waals surface area contributed by atoms with E-state index in [2.05, 4.69) is 30.5 Å². The SMILES string of the molecule is CNc1cc(F)cc2c1[nH]c1ncc(-c3cnc(OC)nc3)c(N3C4CNCC3C4)c12. The number of ether oxygens (including phenoxy) is 1. The Balaban J connectivity index is 1.67. The number of nitrogens with one attached hydrogen (secondary N) is 3. The number of aromatic nitrogens is 4. The number of hydrogen-bond donors (Lipinski definition) is 3. The van der Waals surface area contributed by atoms with Crippen LogP contribution in [0.1, 0.15) is 6.42 Å². The van der Waals surface area contributed by atoms with Crippen molar-refractivity contribution in [3.05, 3.63) is 36.5 Å². The van der Waals surface area contributed by atoms with Gasteiger partial charge in [0.15, 0.2) is 0 Å². The fourth-order valence-electron chi connectivity index (χ4n) is 4.99. The molecule has 4 aromatic rings. The number of aromatic amines is 1. The number of anilines is 2. The van der Waals surface area contributed by atoms with Crippen molar-refractivity contribution >= 4 is 33.3 Å². The maximum Gasteiger partial charge on any atom is 0.316 e. The van der Waals surface area contributed by atoms with Crippen molar-refractivity contribution in [2.45, 2.75) is 18.5 Å². The van der Waals surface area contributed by atoms with Gasteiger partial charge in [0.1, 0.15) is 11.5 Å². The van der Waals surface area contributed by atoms with Crippen LogP contribution < -0.4 is 20.3 Å². The van der Waals surface area contributed by atoms with E-state index in [9.17, 15) is 4.39 Å². The molecule has 8 nitrogen and oxygen atoms in total. The van der Waals surface area contributed by atoms with Crippen LogP contribution in [0.2, 0.25) is 0 Å². The predicted molar refractivity (Wildman–Crippen MR) is 118 cm³/mol. The third-order valence-corrected chi connectivity index (χ3v) is 6.41. The first-order valence-corrected chi connectivity index (χ1v) is 10.3. The number of hydrogen-bond acceptors (Lipinski definition) is 7. The van der Waals surface area contributed by atoms with Gasteiger partial charge in [0.25, 0.3) is 0 Å². The van der Waals surface area contributed by atoms with Gasteiger partial charge in [-0.3, -0.25) is 0 Å². The molecular formula is C22H22FN7O. The molecule has 2 bridgehead atoms. The second kappa shape index (κ2) is 6.78. The van der Waals surface area contributed by atoms with Crippen molar-refractivity contribution in [3.8, 4) is 17.1 Å². The molecule has 2 unspecified atom stereocenters. The monoisotopic (exact) mass is 419 g/mol. The van der Waals surface area contributed by atoms with Crippen LogP contribution in [0.5, 0.6) is 6.01 Å². The Morgan fingerprint density at radius 1 is 1.13 bits per heavy atom. The normalized spacial score (nSPS) is 20.2. The minimum atomic E-state index is -0.285. The summed E-state index contributed by atoms with van der Waals surface area (Å²) in [4.78, 5) is 19.1. The largest absolute Gasteiger partial charge is 0.467 e. The van der Waals surface area contributed by atoms with Gasteiger partial charge < -0.3 is 25.3 Å². The van der Waals surface area contributed by atoms with Crippen LogP contribution in [-0.4, -0.2) is 59.3 Å². The summed E-state index contributed by atoms with van der Waals surface area (Å²) in [5.74, 6) is -0.285. The van der Waals surface area contributed by atoms with Gasteiger partial charge >= 0.3 is 6.01 Å². The van der Waals surface area contributed by atoms with E-state index in [0.29, 0.717) is 23.8 Å². The van der Waals surface area contributed by atoms with E-state index >= 15 is 0 Å². The van der Waals surface area contributed by atoms with Gasteiger partial charge in [0, 0.05) is 67.3 Å². The molecule has 5 heterocycles. The Morgan fingerprint density at radius 3 is 2.58 bits per heavy atom. The topological polar surface area (TPSA) is 91.0 Å². The second-order valence-electron chi connectivity index (χ2n) is 8.06. The van der Waals surface area contributed by atoms with E-state index < -0.39 is 0 Å². The van der Waals surface area contributed by atoms with E-state index in [1.165, 1.54) is 6.07 Å². The molecule has 0 aliphatic carbocycles. The molecule has 2 saturated heterocycles. The molecule has 31 heavy (non-hydrogen) atoms. The number of piperidine rings is 1. The van der Waals surface area contributed by atoms with Crippen LogP contribution in [0.3, 0.4) is 0 Å². The lowest BCUT2D eigenvalue weighted by Gasteiger charge is -2.55. The first-order chi connectivity index (χ1) is 15.2. The van der Waals surface area contributed by atoms with Crippen molar-refractivity contribution < 1.29 is 9.13 Å². The smallest absolute Gasteiger partial charge is 0.316 e. The van der Waals surface area contributed by atoms with Gasteiger partial charge in [-0.25, -0.2) is 19.3 Å². The van der Waals surface area contributed by atoms with Crippen LogP contribution in [0, 0.1) is 5.82 Å². The quantitative estimate of drug-likeness (QED) is 0.469. The molecule has 0 saturated carbocycles. The molecule has 6 rings (SSSR count). The Labute approximate surface area is 177 Å². The van der Waals surface area contributed by atoms with Crippen molar-refractivity contribution in [1.82, 2.24) is 25.3 Å². The molecule has 3 aromatic heterocycles. The number of piperazine rings is 1. The first-order valence-electron chi connectivity index (χ1n) is 10.3. The van der Waals surface area contributed by atoms with E-state index in [1.54, 1.807) is 32.6 Å². The summed E-state index contributed by atoms with van der Waals surface area (Å²) in [5, 5.41) is 8.32. The van der Waals surface area contributed by atoms with Crippen molar-refractivity contribution in [3.63, 3.8) is 0 Å². The fourth-order valence-corrected chi connectivity index (χ4v) is 4.99. The number of benzene rings is 1. The second-order valence-corrected chi connectivity index (χ2v) is 8.06. The number of nitrogens with zero attached hydrogens (tertiary/aromatic N) is 4. The fraction of sp³-hybridized carbons (Fsp3) is 0.318. The van der Waals surface area contributed by atoms with Crippen LogP contribution >= 0.6 is 0 Å². The molecule has 0 radical (unpaired) electrons. The summed E-state index contributed by atoms with van der Waals surface area (Å²) < 4.78 is 19.6. The van der Waals surface area contributed by atoms with E-state index in [4.69, 9.17) is 9.72 Å². The highest BCUT2D eigenvalue weighted by molar-refractivity contribution is 6.18. The summed E-state index contributed by atoms with van der Waals surface area (Å²) in [6.07, 6.45) is 6.50. The lowest BCUT2D eigenvalue weighted by atomic mass is 9.86. The van der Waals surface area contributed by atoms with Gasteiger partial charge in [-0.2, -0.15) is 0 Å². The van der Waals surface area contributed by atoms with Crippen molar-refractivity contribution in [1.29, 1.82) is 0 Å². The lowest BCUT2D eigenvalue weighted by Crippen LogP contribution is -2.68. The molecule has 1 aromatic carbocycles. The third-order valence-electron chi connectivity index (χ3n) is 6.41. The molecule has 2 atom stereocenters. The zero-order valence-electron chi connectivity index (χ0n) is 17.2. The third kappa shape index (κ3) is 2.66. The van der Waals surface area contributed by atoms with Gasteiger partial charge in [0.05, 0.1) is 29.4 Å².